The van der Waals surface area contributed by atoms with E-state index in [1.807, 2.05) is 13.8 Å². The highest BCUT2D eigenvalue weighted by molar-refractivity contribution is 5.65. The zero-order chi connectivity index (χ0) is 24.2. The van der Waals surface area contributed by atoms with Gasteiger partial charge in [0.2, 0.25) is 0 Å². The van der Waals surface area contributed by atoms with Gasteiger partial charge in [-0.3, -0.25) is 0 Å². The average molecular weight is 452 g/mol. The van der Waals surface area contributed by atoms with Crippen LogP contribution in [0.15, 0.2) is 66.8 Å². The van der Waals surface area contributed by atoms with Gasteiger partial charge in [0.1, 0.15) is 5.75 Å². The zero-order valence-corrected chi connectivity index (χ0v) is 17.4. The lowest BCUT2D eigenvalue weighted by molar-refractivity contribution is -0.274. The van der Waals surface area contributed by atoms with Gasteiger partial charge in [-0.1, -0.05) is 50.8 Å². The minimum atomic E-state index is -4.73. The molecule has 0 aromatic heterocycles. The fourth-order valence-electron chi connectivity index (χ4n) is 1.97. The van der Waals surface area contributed by atoms with Crippen LogP contribution in [0.5, 0.6) is 11.5 Å². The molecule has 0 amide bonds. The molecule has 0 saturated carbocycles. The van der Waals surface area contributed by atoms with Crippen LogP contribution in [0, 0.1) is 5.82 Å². The summed E-state index contributed by atoms with van der Waals surface area (Å²) in [5, 5.41) is 0. The number of rotatable bonds is 4. The molecule has 0 aliphatic heterocycles. The third-order valence-electron chi connectivity index (χ3n) is 3.39. The molecule has 0 spiro atoms. The Labute approximate surface area is 176 Å². The second-order valence-corrected chi connectivity index (χ2v) is 5.50. The lowest BCUT2D eigenvalue weighted by Gasteiger charge is -2.10. The Balaban J connectivity index is 0.000000692. The van der Waals surface area contributed by atoms with Gasteiger partial charge >= 0.3 is 12.5 Å². The molecule has 0 atom stereocenters. The van der Waals surface area contributed by atoms with Crippen LogP contribution in [0.1, 0.15) is 20.8 Å². The summed E-state index contributed by atoms with van der Waals surface area (Å²) in [6, 6.07) is 9.49. The zero-order valence-electron chi connectivity index (χ0n) is 17.4. The van der Waals surface area contributed by atoms with E-state index >= 15 is 0 Å². The van der Waals surface area contributed by atoms with Crippen molar-refractivity contribution in [1.82, 2.24) is 0 Å². The van der Waals surface area contributed by atoms with E-state index in [-0.39, 0.29) is 11.5 Å². The van der Waals surface area contributed by atoms with Crippen LogP contribution in [0.25, 0.3) is 11.1 Å². The number of hydrogen-bond acceptors (Lipinski definition) is 2. The van der Waals surface area contributed by atoms with Gasteiger partial charge in [0, 0.05) is 5.57 Å². The molecule has 0 unspecified atom stereocenters. The summed E-state index contributed by atoms with van der Waals surface area (Å²) < 4.78 is 92.7. The molecule has 31 heavy (non-hydrogen) atoms. The third kappa shape index (κ3) is 10.6. The summed E-state index contributed by atoms with van der Waals surface area (Å²) in [7, 11) is 1.35. The summed E-state index contributed by atoms with van der Waals surface area (Å²) in [5.41, 5.74) is 0.473. The van der Waals surface area contributed by atoms with E-state index < -0.39 is 23.9 Å². The Kier molecular flexibility index (Phi) is 11.4. The van der Waals surface area contributed by atoms with Gasteiger partial charge in [-0.2, -0.15) is 13.2 Å². The SMILES string of the molecule is C=C/C=C(\C)C(F)(F)F.CC.COc1ccc(-c2ccc(OC(F)(F)F)cc2)cc1F. The Bertz CT molecular complexity index is 836. The van der Waals surface area contributed by atoms with E-state index in [4.69, 9.17) is 4.74 Å². The van der Waals surface area contributed by atoms with Crippen molar-refractivity contribution in [2.24, 2.45) is 0 Å². The van der Waals surface area contributed by atoms with E-state index in [1.165, 1.54) is 43.5 Å². The summed E-state index contributed by atoms with van der Waals surface area (Å²) in [4.78, 5) is 0. The molecule has 172 valence electrons. The number of ether oxygens (including phenoxy) is 2. The summed E-state index contributed by atoms with van der Waals surface area (Å²) >= 11 is 0. The van der Waals surface area contributed by atoms with Crippen molar-refractivity contribution in [3.8, 4) is 22.6 Å². The van der Waals surface area contributed by atoms with Crippen molar-refractivity contribution in [2.45, 2.75) is 33.3 Å². The van der Waals surface area contributed by atoms with Crippen LogP contribution in [0.2, 0.25) is 0 Å². The van der Waals surface area contributed by atoms with Gasteiger partial charge in [0.25, 0.3) is 0 Å². The van der Waals surface area contributed by atoms with E-state index in [9.17, 15) is 30.7 Å². The van der Waals surface area contributed by atoms with Crippen molar-refractivity contribution < 1.29 is 40.2 Å². The molecular weight excluding hydrogens is 429 g/mol. The maximum atomic E-state index is 13.5. The van der Waals surface area contributed by atoms with Gasteiger partial charge < -0.3 is 9.47 Å². The minimum Gasteiger partial charge on any atom is -0.494 e. The third-order valence-corrected chi connectivity index (χ3v) is 3.39. The average Bonchev–Trinajstić information content (AvgIpc) is 2.69. The Morgan fingerprint density at radius 3 is 1.77 bits per heavy atom. The van der Waals surface area contributed by atoms with Crippen molar-refractivity contribution in [3.63, 3.8) is 0 Å². The summed E-state index contributed by atoms with van der Waals surface area (Å²) in [6.45, 7) is 8.14. The van der Waals surface area contributed by atoms with Gasteiger partial charge in [-0.25, -0.2) is 4.39 Å². The maximum absolute atomic E-state index is 13.5. The monoisotopic (exact) mass is 452 g/mol. The van der Waals surface area contributed by atoms with Gasteiger partial charge in [0.15, 0.2) is 11.6 Å². The fourth-order valence-corrected chi connectivity index (χ4v) is 1.97. The Morgan fingerprint density at radius 2 is 1.42 bits per heavy atom. The number of allylic oxidation sites excluding steroid dienone is 3. The molecular formula is C22H23F7O2. The van der Waals surface area contributed by atoms with Crippen molar-refractivity contribution in [2.75, 3.05) is 7.11 Å². The first-order valence-corrected chi connectivity index (χ1v) is 8.93. The summed E-state index contributed by atoms with van der Waals surface area (Å²) in [6.07, 6.45) is -6.88. The smallest absolute Gasteiger partial charge is 0.494 e. The molecule has 0 N–H and O–H groups in total. The van der Waals surface area contributed by atoms with E-state index in [0.717, 1.165) is 19.1 Å². The number of hydrogen-bond donors (Lipinski definition) is 0. The molecule has 0 fully saturated rings. The highest BCUT2D eigenvalue weighted by Crippen LogP contribution is 2.29. The van der Waals surface area contributed by atoms with Crippen LogP contribution < -0.4 is 9.47 Å². The number of halogens is 7. The molecule has 0 radical (unpaired) electrons. The quantitative estimate of drug-likeness (QED) is 0.345. The van der Waals surface area contributed by atoms with Crippen LogP contribution in [0.3, 0.4) is 0 Å². The van der Waals surface area contributed by atoms with Crippen LogP contribution in [0.4, 0.5) is 30.7 Å². The molecule has 0 saturated heterocycles. The lowest BCUT2D eigenvalue weighted by Crippen LogP contribution is -2.16. The fraction of sp³-hybridized carbons (Fsp3) is 0.273. The molecule has 2 aromatic rings. The van der Waals surface area contributed by atoms with E-state index in [2.05, 4.69) is 11.3 Å². The molecule has 2 nitrogen and oxygen atoms in total. The standard InChI is InChI=1S/C14H10F4O2.C6H7F3.C2H6/c1-19-13-7-4-10(8-12(13)15)9-2-5-11(6-3-9)20-14(16,17)18;1-3-4-5(2)6(7,8)9;1-2/h2-8H,1H3;3-4H,1H2,2H3;1-2H3/b;5-4+;. The van der Waals surface area contributed by atoms with Crippen LogP contribution in [-0.4, -0.2) is 19.6 Å². The first-order chi connectivity index (χ1) is 14.4. The topological polar surface area (TPSA) is 18.5 Å². The normalized spacial score (nSPS) is 11.4. The first-order valence-electron chi connectivity index (χ1n) is 8.93. The molecule has 2 aromatic carbocycles. The van der Waals surface area contributed by atoms with E-state index in [0.29, 0.717) is 11.1 Å². The second kappa shape index (κ2) is 12.7. The van der Waals surface area contributed by atoms with Crippen molar-refractivity contribution in [1.29, 1.82) is 0 Å². The minimum absolute atomic E-state index is 0.103. The lowest BCUT2D eigenvalue weighted by atomic mass is 10.1. The predicted octanol–water partition coefficient (Wildman–Crippen LogP) is 8.11. The summed E-state index contributed by atoms with van der Waals surface area (Å²) in [5.74, 6) is -0.762. The van der Waals surface area contributed by atoms with E-state index in [1.54, 1.807) is 6.07 Å². The van der Waals surface area contributed by atoms with Crippen molar-refractivity contribution in [3.05, 3.63) is 72.6 Å². The second-order valence-electron chi connectivity index (χ2n) is 5.50. The van der Waals surface area contributed by atoms with Gasteiger partial charge in [-0.15, -0.1) is 13.2 Å². The molecule has 0 heterocycles. The molecule has 0 aliphatic rings. The number of alkyl halides is 6. The predicted molar refractivity (Wildman–Crippen MR) is 106 cm³/mol. The highest BCUT2D eigenvalue weighted by Gasteiger charge is 2.31. The number of methoxy groups -OCH3 is 1. The molecule has 9 heteroatoms. The van der Waals surface area contributed by atoms with Gasteiger partial charge in [-0.05, 0) is 42.3 Å². The van der Waals surface area contributed by atoms with Gasteiger partial charge in [0.05, 0.1) is 7.11 Å². The van der Waals surface area contributed by atoms with Crippen LogP contribution >= 0.6 is 0 Å². The van der Waals surface area contributed by atoms with Crippen LogP contribution in [-0.2, 0) is 0 Å². The van der Waals surface area contributed by atoms with Crippen molar-refractivity contribution >= 4 is 0 Å². The Morgan fingerprint density at radius 1 is 0.903 bits per heavy atom. The molecule has 2 rings (SSSR count). The number of benzene rings is 2. The largest absolute Gasteiger partial charge is 0.573 e. The maximum Gasteiger partial charge on any atom is 0.573 e. The first kappa shape index (κ1) is 28.0. The Hall–Kier alpha value is -2.97. The molecule has 0 bridgehead atoms. The highest BCUT2D eigenvalue weighted by atomic mass is 19.4. The molecule has 0 aliphatic carbocycles.